The number of terminal acetylenes is 1. The number of benzene rings is 1. The zero-order valence-electron chi connectivity index (χ0n) is 22.7. The number of anilines is 2. The maximum absolute atomic E-state index is 13.0. The number of carbonyl (C=O) groups excluding carboxylic acids is 1. The molecule has 0 aliphatic carbocycles. The monoisotopic (exact) mass is 546 g/mol. The van der Waals surface area contributed by atoms with Gasteiger partial charge in [0, 0.05) is 13.0 Å². The van der Waals surface area contributed by atoms with E-state index in [0.29, 0.717) is 25.2 Å². The van der Waals surface area contributed by atoms with Crippen molar-refractivity contribution < 1.29 is 18.4 Å². The maximum Gasteiger partial charge on any atom is 0.333 e. The summed E-state index contributed by atoms with van der Waals surface area (Å²) in [4.78, 5) is 38.6. The molecule has 1 aromatic carbocycles. The van der Waals surface area contributed by atoms with Gasteiger partial charge in [-0.3, -0.25) is 18.7 Å². The Morgan fingerprint density at radius 1 is 1.11 bits per heavy atom. The quantitative estimate of drug-likeness (QED) is 0.196. The van der Waals surface area contributed by atoms with E-state index in [1.165, 1.54) is 10.1 Å². The number of nitrogen functional groups attached to an aromatic ring is 1. The van der Waals surface area contributed by atoms with Crippen LogP contribution < -0.4 is 22.3 Å². The average molecular weight is 547 g/mol. The number of aryl methyl sites for hydroxylation is 1. The molecule has 1 heterocycles. The van der Waals surface area contributed by atoms with Gasteiger partial charge in [-0.25, -0.2) is 9.36 Å². The van der Waals surface area contributed by atoms with E-state index in [0.717, 1.165) is 10.1 Å². The van der Waals surface area contributed by atoms with Gasteiger partial charge in [0.05, 0.1) is 25.9 Å². The van der Waals surface area contributed by atoms with Gasteiger partial charge in [-0.1, -0.05) is 44.0 Å². The molecular weight excluding hydrogens is 507 g/mol. The Morgan fingerprint density at radius 2 is 1.74 bits per heavy atom. The molecule has 1 aromatic heterocycles. The van der Waals surface area contributed by atoms with E-state index < -0.39 is 24.8 Å². The highest BCUT2D eigenvalue weighted by Crippen LogP contribution is 2.48. The van der Waals surface area contributed by atoms with Gasteiger partial charge in [0.15, 0.2) is 0 Å². The van der Waals surface area contributed by atoms with Gasteiger partial charge in [-0.05, 0) is 50.2 Å². The third-order valence-corrected chi connectivity index (χ3v) is 8.15. The maximum atomic E-state index is 13.0. The van der Waals surface area contributed by atoms with E-state index in [-0.39, 0.29) is 50.4 Å². The Morgan fingerprint density at radius 3 is 2.29 bits per heavy atom. The first-order chi connectivity index (χ1) is 18.1. The van der Waals surface area contributed by atoms with Crippen LogP contribution in [0.1, 0.15) is 64.0 Å². The third kappa shape index (κ3) is 8.45. The zero-order valence-corrected chi connectivity index (χ0v) is 23.6. The van der Waals surface area contributed by atoms with E-state index in [4.69, 9.17) is 21.2 Å². The zero-order chi connectivity index (χ0) is 28.3. The molecule has 0 aliphatic heterocycles. The van der Waals surface area contributed by atoms with Crippen molar-refractivity contribution in [2.45, 2.75) is 72.4 Å². The summed E-state index contributed by atoms with van der Waals surface area (Å²) in [5, 5.41) is 2.58. The lowest BCUT2D eigenvalue weighted by Crippen LogP contribution is -2.42. The van der Waals surface area contributed by atoms with Crippen molar-refractivity contribution in [3.05, 3.63) is 56.2 Å². The number of nitrogens with two attached hydrogens (primary N) is 1. The molecule has 0 bridgehead atoms. The van der Waals surface area contributed by atoms with E-state index in [2.05, 4.69) is 25.1 Å². The van der Waals surface area contributed by atoms with Crippen LogP contribution in [0.4, 0.5) is 11.5 Å². The van der Waals surface area contributed by atoms with E-state index in [1.54, 1.807) is 13.8 Å². The van der Waals surface area contributed by atoms with Crippen LogP contribution in [0, 0.1) is 12.3 Å². The highest BCUT2D eigenvalue weighted by Gasteiger charge is 2.23. The minimum Gasteiger partial charge on any atom is -0.383 e. The van der Waals surface area contributed by atoms with E-state index in [1.807, 2.05) is 24.3 Å². The van der Waals surface area contributed by atoms with Gasteiger partial charge in [0.25, 0.3) is 5.56 Å². The first-order valence-corrected chi connectivity index (χ1v) is 14.6. The molecule has 0 fully saturated rings. The minimum atomic E-state index is -3.22. The highest BCUT2D eigenvalue weighted by atomic mass is 31.2. The molecule has 0 atom stereocenters. The van der Waals surface area contributed by atoms with Gasteiger partial charge in [0.2, 0.25) is 5.91 Å². The molecule has 38 heavy (non-hydrogen) atoms. The normalized spacial score (nSPS) is 11.5. The summed E-state index contributed by atoms with van der Waals surface area (Å²) in [6.45, 7) is 8.06. The van der Waals surface area contributed by atoms with Crippen molar-refractivity contribution in [2.24, 2.45) is 0 Å². The molecule has 10 nitrogen and oxygen atoms in total. The van der Waals surface area contributed by atoms with E-state index in [9.17, 15) is 18.9 Å². The number of unbranched alkanes of at least 4 members (excludes halogenated alkanes) is 1. The van der Waals surface area contributed by atoms with Crippen LogP contribution in [0.5, 0.6) is 0 Å². The lowest BCUT2D eigenvalue weighted by Gasteiger charge is -2.18. The van der Waals surface area contributed by atoms with Crippen LogP contribution in [-0.2, 0) is 37.9 Å². The number of hydrogen-bond donors (Lipinski definition) is 2. The number of hydrogen-bond acceptors (Lipinski definition) is 7. The minimum absolute atomic E-state index is 0.123. The van der Waals surface area contributed by atoms with Crippen LogP contribution in [-0.4, -0.2) is 34.4 Å². The second-order valence-electron chi connectivity index (χ2n) is 9.11. The lowest BCUT2D eigenvalue weighted by molar-refractivity contribution is -0.116. The van der Waals surface area contributed by atoms with Crippen molar-refractivity contribution >= 4 is 25.0 Å². The Labute approximate surface area is 224 Å². The Bertz CT molecular complexity index is 1280. The van der Waals surface area contributed by atoms with Crippen LogP contribution >= 0.6 is 7.60 Å². The molecule has 0 aliphatic rings. The highest BCUT2D eigenvalue weighted by molar-refractivity contribution is 7.53. The molecule has 2 rings (SSSR count). The van der Waals surface area contributed by atoms with E-state index >= 15 is 0 Å². The molecule has 11 heteroatoms. The second-order valence-corrected chi connectivity index (χ2v) is 11.3. The molecule has 0 unspecified atom stereocenters. The number of aromatic nitrogens is 2. The molecule has 3 N–H and O–H groups in total. The summed E-state index contributed by atoms with van der Waals surface area (Å²) in [6, 6.07) is 8.03. The summed E-state index contributed by atoms with van der Waals surface area (Å²) in [6.07, 6.45) is 6.97. The molecule has 2 aromatic rings. The van der Waals surface area contributed by atoms with Crippen LogP contribution in [0.25, 0.3) is 0 Å². The average Bonchev–Trinajstić information content (AvgIpc) is 2.88. The first kappa shape index (κ1) is 31.1. The summed E-state index contributed by atoms with van der Waals surface area (Å²) in [5.74, 6) is 2.14. The molecule has 0 saturated carbocycles. The van der Waals surface area contributed by atoms with Gasteiger partial charge in [0.1, 0.15) is 11.5 Å². The number of amides is 1. The molecule has 208 valence electrons. The second kappa shape index (κ2) is 14.7. The standard InChI is InChI=1S/C27H39N4O6P/c1-6-17-31-26(33)24(29-23(32)16-13-21-11-14-22(15-12-21)20(4)5)25(28)30(27(31)34)18-9-10-19-38(35,36-7-2)37-8-3/h1,11-12,14-15,20H,7-10,13,16-19,28H2,2-5H3,(H,29,32). The van der Waals surface area contributed by atoms with Gasteiger partial charge < -0.3 is 20.1 Å². The first-order valence-electron chi connectivity index (χ1n) is 12.9. The van der Waals surface area contributed by atoms with Crippen molar-refractivity contribution in [1.82, 2.24) is 9.13 Å². The van der Waals surface area contributed by atoms with Crippen LogP contribution in [0.2, 0.25) is 0 Å². The largest absolute Gasteiger partial charge is 0.383 e. The van der Waals surface area contributed by atoms with Crippen LogP contribution in [0.15, 0.2) is 33.9 Å². The van der Waals surface area contributed by atoms with Crippen molar-refractivity contribution in [3.63, 3.8) is 0 Å². The van der Waals surface area contributed by atoms with Gasteiger partial charge in [-0.15, -0.1) is 6.42 Å². The number of nitrogens with zero attached hydrogens (tertiary/aromatic N) is 2. The Hall–Kier alpha value is -3.12. The summed E-state index contributed by atoms with van der Waals surface area (Å²) in [5.41, 5.74) is 6.78. The predicted octanol–water partition coefficient (Wildman–Crippen LogP) is 3.97. The lowest BCUT2D eigenvalue weighted by atomic mass is 10.0. The fourth-order valence-corrected chi connectivity index (χ4v) is 5.67. The smallest absolute Gasteiger partial charge is 0.333 e. The van der Waals surface area contributed by atoms with Crippen molar-refractivity contribution in [3.8, 4) is 12.3 Å². The summed E-state index contributed by atoms with van der Waals surface area (Å²) >= 11 is 0. The topological polar surface area (TPSA) is 135 Å². The number of nitrogens with one attached hydrogen (secondary N) is 1. The summed E-state index contributed by atoms with van der Waals surface area (Å²) in [7, 11) is -3.22. The summed E-state index contributed by atoms with van der Waals surface area (Å²) < 4.78 is 25.3. The molecular formula is C27H39N4O6P. The SMILES string of the molecule is C#CCn1c(=O)c(NC(=O)CCc2ccc(C(C)C)cc2)c(N)n(CCCCP(=O)(OCC)OCC)c1=O. The predicted molar refractivity (Wildman–Crippen MR) is 151 cm³/mol. The fourth-order valence-electron chi connectivity index (χ4n) is 3.94. The molecule has 1 amide bonds. The Balaban J connectivity index is 2.18. The van der Waals surface area contributed by atoms with Gasteiger partial charge >= 0.3 is 13.3 Å². The molecule has 0 spiro atoms. The fraction of sp³-hybridized carbons (Fsp3) is 0.519. The molecule has 0 saturated heterocycles. The van der Waals surface area contributed by atoms with Crippen molar-refractivity contribution in [1.29, 1.82) is 0 Å². The van der Waals surface area contributed by atoms with Crippen LogP contribution in [0.3, 0.4) is 0 Å². The Kier molecular flexibility index (Phi) is 12.0. The van der Waals surface area contributed by atoms with Gasteiger partial charge in [-0.2, -0.15) is 0 Å². The molecule has 0 radical (unpaired) electrons. The number of rotatable bonds is 15. The third-order valence-electron chi connectivity index (χ3n) is 5.98. The van der Waals surface area contributed by atoms with Crippen molar-refractivity contribution in [2.75, 3.05) is 30.4 Å². The number of carbonyl (C=O) groups is 1.